The van der Waals surface area contributed by atoms with Crippen molar-refractivity contribution in [1.29, 1.82) is 0 Å². The minimum absolute atomic E-state index is 0.0805. The van der Waals surface area contributed by atoms with Crippen LogP contribution in [-0.4, -0.2) is 18.4 Å². The fourth-order valence-electron chi connectivity index (χ4n) is 1.63. The SMILES string of the molecule is Cc1cnc(CNS(=O)(=O)c2cc(N)c(C)cc2F)cn1. The van der Waals surface area contributed by atoms with E-state index >= 15 is 0 Å². The number of rotatable bonds is 4. The maximum Gasteiger partial charge on any atom is 0.243 e. The number of nitrogens with two attached hydrogens (primary N) is 1. The summed E-state index contributed by atoms with van der Waals surface area (Å²) in [6.07, 6.45) is 2.98. The Kier molecular flexibility index (Phi) is 4.19. The quantitative estimate of drug-likeness (QED) is 0.829. The number of aryl methyl sites for hydroxylation is 2. The van der Waals surface area contributed by atoms with Gasteiger partial charge in [-0.3, -0.25) is 9.97 Å². The standard InChI is InChI=1S/C13H15FN4O2S/c1-8-3-11(14)13(4-12(8)15)21(19,20)18-7-10-6-16-9(2)5-17-10/h3-6,18H,7,15H2,1-2H3. The zero-order chi connectivity index (χ0) is 15.6. The van der Waals surface area contributed by atoms with E-state index < -0.39 is 20.7 Å². The van der Waals surface area contributed by atoms with Crippen LogP contribution in [0.1, 0.15) is 17.0 Å². The van der Waals surface area contributed by atoms with Crippen LogP contribution in [0, 0.1) is 19.7 Å². The molecular formula is C13H15FN4O2S. The van der Waals surface area contributed by atoms with Gasteiger partial charge in [0.15, 0.2) is 0 Å². The average Bonchev–Trinajstić information content (AvgIpc) is 2.42. The third-order valence-corrected chi connectivity index (χ3v) is 4.30. The van der Waals surface area contributed by atoms with E-state index in [1.807, 2.05) is 0 Å². The fraction of sp³-hybridized carbons (Fsp3) is 0.231. The molecule has 0 atom stereocenters. The molecule has 0 radical (unpaired) electrons. The van der Waals surface area contributed by atoms with E-state index in [1.165, 1.54) is 12.4 Å². The molecule has 2 rings (SSSR count). The maximum absolute atomic E-state index is 13.8. The third-order valence-electron chi connectivity index (χ3n) is 2.89. The Balaban J connectivity index is 2.22. The van der Waals surface area contributed by atoms with Crippen LogP contribution >= 0.6 is 0 Å². The van der Waals surface area contributed by atoms with Gasteiger partial charge in [0.2, 0.25) is 10.0 Å². The van der Waals surface area contributed by atoms with Crippen LogP contribution in [0.3, 0.4) is 0 Å². The number of hydrogen-bond donors (Lipinski definition) is 2. The van der Waals surface area contributed by atoms with Crippen molar-refractivity contribution in [2.24, 2.45) is 0 Å². The van der Waals surface area contributed by atoms with Crippen molar-refractivity contribution >= 4 is 15.7 Å². The molecule has 0 aliphatic heterocycles. The number of nitrogens with zero attached hydrogens (tertiary/aromatic N) is 2. The van der Waals surface area contributed by atoms with Crippen molar-refractivity contribution in [3.05, 3.63) is 47.3 Å². The van der Waals surface area contributed by atoms with E-state index in [4.69, 9.17) is 5.73 Å². The molecule has 0 aliphatic carbocycles. The molecule has 0 amide bonds. The van der Waals surface area contributed by atoms with Gasteiger partial charge in [0.25, 0.3) is 0 Å². The van der Waals surface area contributed by atoms with Gasteiger partial charge in [-0.25, -0.2) is 17.5 Å². The molecule has 3 N–H and O–H groups in total. The van der Waals surface area contributed by atoms with Gasteiger partial charge in [-0.05, 0) is 31.5 Å². The van der Waals surface area contributed by atoms with Crippen LogP contribution in [0.25, 0.3) is 0 Å². The normalized spacial score (nSPS) is 11.6. The van der Waals surface area contributed by atoms with Crippen LogP contribution in [-0.2, 0) is 16.6 Å². The van der Waals surface area contributed by atoms with E-state index in [0.29, 0.717) is 11.3 Å². The Bertz CT molecular complexity index is 760. The minimum atomic E-state index is -4.01. The van der Waals surface area contributed by atoms with Crippen LogP contribution in [0.5, 0.6) is 0 Å². The average molecular weight is 310 g/mol. The molecule has 2 aromatic rings. The number of nitrogens with one attached hydrogen (secondary N) is 1. The Morgan fingerprint density at radius 2 is 1.95 bits per heavy atom. The van der Waals surface area contributed by atoms with Crippen LogP contribution < -0.4 is 10.5 Å². The van der Waals surface area contributed by atoms with E-state index in [0.717, 1.165) is 17.8 Å². The summed E-state index contributed by atoms with van der Waals surface area (Å²) in [6, 6.07) is 2.20. The first-order valence-corrected chi connectivity index (χ1v) is 7.61. The van der Waals surface area contributed by atoms with E-state index in [1.54, 1.807) is 13.8 Å². The number of nitrogen functional groups attached to an aromatic ring is 1. The molecule has 21 heavy (non-hydrogen) atoms. The summed E-state index contributed by atoms with van der Waals surface area (Å²) in [5, 5.41) is 0. The Hall–Kier alpha value is -2.06. The molecular weight excluding hydrogens is 295 g/mol. The molecule has 0 fully saturated rings. The van der Waals surface area contributed by atoms with Crippen molar-refractivity contribution in [2.75, 3.05) is 5.73 Å². The molecule has 0 aliphatic rings. The Morgan fingerprint density at radius 3 is 2.57 bits per heavy atom. The highest BCUT2D eigenvalue weighted by atomic mass is 32.2. The monoisotopic (exact) mass is 310 g/mol. The maximum atomic E-state index is 13.8. The highest BCUT2D eigenvalue weighted by molar-refractivity contribution is 7.89. The zero-order valence-electron chi connectivity index (χ0n) is 11.6. The summed E-state index contributed by atoms with van der Waals surface area (Å²) in [7, 11) is -4.01. The minimum Gasteiger partial charge on any atom is -0.398 e. The predicted octanol–water partition coefficient (Wildman–Crippen LogP) is 1.29. The van der Waals surface area contributed by atoms with Gasteiger partial charge in [-0.1, -0.05) is 0 Å². The molecule has 0 saturated carbocycles. The summed E-state index contributed by atoms with van der Waals surface area (Å²) in [5.41, 5.74) is 7.48. The van der Waals surface area contributed by atoms with E-state index in [-0.39, 0.29) is 12.2 Å². The second-order valence-corrected chi connectivity index (χ2v) is 6.35. The van der Waals surface area contributed by atoms with Crippen molar-refractivity contribution in [2.45, 2.75) is 25.3 Å². The molecule has 112 valence electrons. The first-order chi connectivity index (χ1) is 9.79. The van der Waals surface area contributed by atoms with Crippen molar-refractivity contribution in [3.8, 4) is 0 Å². The van der Waals surface area contributed by atoms with Gasteiger partial charge in [-0.15, -0.1) is 0 Å². The number of benzene rings is 1. The van der Waals surface area contributed by atoms with Crippen LogP contribution in [0.4, 0.5) is 10.1 Å². The first kappa shape index (κ1) is 15.3. The van der Waals surface area contributed by atoms with Crippen molar-refractivity contribution < 1.29 is 12.8 Å². The van der Waals surface area contributed by atoms with Gasteiger partial charge in [0.05, 0.1) is 24.1 Å². The lowest BCUT2D eigenvalue weighted by atomic mass is 10.2. The van der Waals surface area contributed by atoms with Crippen molar-refractivity contribution in [1.82, 2.24) is 14.7 Å². The second-order valence-electron chi connectivity index (χ2n) is 4.61. The number of halogens is 1. The molecule has 1 aromatic carbocycles. The van der Waals surface area contributed by atoms with Gasteiger partial charge in [0.1, 0.15) is 10.7 Å². The zero-order valence-corrected chi connectivity index (χ0v) is 12.4. The molecule has 0 bridgehead atoms. The molecule has 1 aromatic heterocycles. The predicted molar refractivity (Wildman–Crippen MR) is 76.3 cm³/mol. The topological polar surface area (TPSA) is 98.0 Å². The lowest BCUT2D eigenvalue weighted by Crippen LogP contribution is -2.25. The lowest BCUT2D eigenvalue weighted by Gasteiger charge is -2.09. The summed E-state index contributed by atoms with van der Waals surface area (Å²) in [4.78, 5) is 7.54. The van der Waals surface area contributed by atoms with E-state index in [9.17, 15) is 12.8 Å². The summed E-state index contributed by atoms with van der Waals surface area (Å²) in [6.45, 7) is 3.29. The Morgan fingerprint density at radius 1 is 1.24 bits per heavy atom. The van der Waals surface area contributed by atoms with Crippen LogP contribution in [0.15, 0.2) is 29.4 Å². The molecule has 1 heterocycles. The summed E-state index contributed by atoms with van der Waals surface area (Å²) >= 11 is 0. The molecule has 8 heteroatoms. The number of hydrogen-bond acceptors (Lipinski definition) is 5. The second kappa shape index (κ2) is 5.74. The highest BCUT2D eigenvalue weighted by Crippen LogP contribution is 2.21. The summed E-state index contributed by atoms with van der Waals surface area (Å²) < 4.78 is 40.3. The highest BCUT2D eigenvalue weighted by Gasteiger charge is 2.20. The molecule has 0 unspecified atom stereocenters. The molecule has 0 saturated heterocycles. The summed E-state index contributed by atoms with van der Waals surface area (Å²) in [5.74, 6) is -0.843. The van der Waals surface area contributed by atoms with Crippen LogP contribution in [0.2, 0.25) is 0 Å². The first-order valence-electron chi connectivity index (χ1n) is 6.12. The largest absolute Gasteiger partial charge is 0.398 e. The number of sulfonamides is 1. The number of anilines is 1. The third kappa shape index (κ3) is 3.53. The van der Waals surface area contributed by atoms with Crippen molar-refractivity contribution in [3.63, 3.8) is 0 Å². The smallest absolute Gasteiger partial charge is 0.243 e. The Labute approximate surface area is 122 Å². The number of aromatic nitrogens is 2. The van der Waals surface area contributed by atoms with Gasteiger partial charge < -0.3 is 5.73 Å². The van der Waals surface area contributed by atoms with Gasteiger partial charge in [0, 0.05) is 11.9 Å². The molecule has 0 spiro atoms. The molecule has 6 nitrogen and oxygen atoms in total. The fourth-order valence-corrected chi connectivity index (χ4v) is 2.72. The van der Waals surface area contributed by atoms with Gasteiger partial charge >= 0.3 is 0 Å². The lowest BCUT2D eigenvalue weighted by molar-refractivity contribution is 0.556. The van der Waals surface area contributed by atoms with Gasteiger partial charge in [-0.2, -0.15) is 0 Å². The van der Waals surface area contributed by atoms with E-state index in [2.05, 4.69) is 14.7 Å².